The second kappa shape index (κ2) is 7.45. The maximum Gasteiger partial charge on any atom is 0.0809 e. The Labute approximate surface area is 188 Å². The van der Waals surface area contributed by atoms with Gasteiger partial charge < -0.3 is 10.2 Å². The molecular formula is C27H42N2O2. The zero-order valence-corrected chi connectivity index (χ0v) is 20.2. The molecule has 4 nitrogen and oxygen atoms in total. The van der Waals surface area contributed by atoms with E-state index in [1.165, 1.54) is 42.5 Å². The zero-order valence-electron chi connectivity index (χ0n) is 20.2. The van der Waals surface area contributed by atoms with Gasteiger partial charge in [-0.05, 0) is 113 Å². The highest BCUT2D eigenvalue weighted by Crippen LogP contribution is 2.67. The van der Waals surface area contributed by atoms with E-state index >= 15 is 0 Å². The molecule has 5 rings (SSSR count). The van der Waals surface area contributed by atoms with Crippen molar-refractivity contribution in [1.29, 1.82) is 0 Å². The standard InChI is InChI=1S/C27H42N2O2/c1-6-29-17(3)22(16(2)28-29)13-18-14-24-21-8-7-19-15-20(30)9-11-26(19,4)23(21)10-12-27(24,5)25(18)31/h13,19-21,23-25,30-31H,6-12,14-15H2,1-5H3. The Balaban J connectivity index is 1.46. The van der Waals surface area contributed by atoms with Crippen molar-refractivity contribution in [3.63, 3.8) is 0 Å². The molecule has 4 heteroatoms. The van der Waals surface area contributed by atoms with Gasteiger partial charge in [0.05, 0.1) is 17.9 Å². The molecule has 0 aliphatic heterocycles. The highest BCUT2D eigenvalue weighted by atomic mass is 16.3. The van der Waals surface area contributed by atoms with Crippen LogP contribution in [0.15, 0.2) is 5.57 Å². The number of nitrogens with zero attached hydrogens (tertiary/aromatic N) is 2. The third-order valence-corrected chi connectivity index (χ3v) is 10.6. The highest BCUT2D eigenvalue weighted by molar-refractivity contribution is 5.59. The zero-order chi connectivity index (χ0) is 22.1. The Kier molecular flexibility index (Phi) is 5.21. The van der Waals surface area contributed by atoms with Gasteiger partial charge in [0.2, 0.25) is 0 Å². The molecule has 8 unspecified atom stereocenters. The van der Waals surface area contributed by atoms with Crippen molar-refractivity contribution < 1.29 is 10.2 Å². The molecule has 31 heavy (non-hydrogen) atoms. The maximum atomic E-state index is 11.5. The molecule has 1 heterocycles. The SMILES string of the molecule is CCn1nc(C)c(C=C2CC3C4CCC5CC(O)CCC5(C)C4CCC3(C)C2O)c1C. The van der Waals surface area contributed by atoms with Crippen LogP contribution in [0.1, 0.15) is 89.1 Å². The summed E-state index contributed by atoms with van der Waals surface area (Å²) in [5.41, 5.74) is 5.13. The first-order valence-corrected chi connectivity index (χ1v) is 12.8. The largest absolute Gasteiger partial charge is 0.393 e. The molecule has 172 valence electrons. The van der Waals surface area contributed by atoms with Gasteiger partial charge in [-0.15, -0.1) is 0 Å². The Bertz CT molecular complexity index is 888. The van der Waals surface area contributed by atoms with Gasteiger partial charge in [0, 0.05) is 23.2 Å². The van der Waals surface area contributed by atoms with Crippen molar-refractivity contribution in [2.24, 2.45) is 34.5 Å². The van der Waals surface area contributed by atoms with Crippen LogP contribution in [-0.4, -0.2) is 32.2 Å². The minimum absolute atomic E-state index is 0.00688. The predicted octanol–water partition coefficient (Wildman–Crippen LogP) is 5.28. The van der Waals surface area contributed by atoms with Gasteiger partial charge in [-0.3, -0.25) is 4.68 Å². The van der Waals surface area contributed by atoms with Crippen LogP contribution in [0.4, 0.5) is 0 Å². The van der Waals surface area contributed by atoms with Gasteiger partial charge in [0.15, 0.2) is 0 Å². The first-order valence-electron chi connectivity index (χ1n) is 12.8. The Morgan fingerprint density at radius 2 is 1.77 bits per heavy atom. The number of fused-ring (bicyclic) bond motifs is 5. The number of aryl methyl sites for hydroxylation is 2. The van der Waals surface area contributed by atoms with E-state index in [2.05, 4.69) is 45.4 Å². The molecular weight excluding hydrogens is 384 g/mol. The minimum atomic E-state index is -0.332. The average Bonchev–Trinajstić information content (AvgIpc) is 3.16. The van der Waals surface area contributed by atoms with E-state index in [-0.39, 0.29) is 17.6 Å². The Morgan fingerprint density at radius 1 is 1.03 bits per heavy atom. The Morgan fingerprint density at radius 3 is 2.48 bits per heavy atom. The van der Waals surface area contributed by atoms with Gasteiger partial charge in [-0.1, -0.05) is 13.8 Å². The number of aliphatic hydroxyl groups excluding tert-OH is 2. The number of aliphatic hydroxyl groups is 2. The topological polar surface area (TPSA) is 58.3 Å². The molecule has 1 aromatic heterocycles. The number of hydrogen-bond acceptors (Lipinski definition) is 3. The van der Waals surface area contributed by atoms with E-state index < -0.39 is 0 Å². The molecule has 4 aliphatic carbocycles. The first-order chi connectivity index (χ1) is 14.7. The van der Waals surface area contributed by atoms with Crippen LogP contribution in [0.3, 0.4) is 0 Å². The quantitative estimate of drug-likeness (QED) is 0.677. The van der Waals surface area contributed by atoms with Crippen molar-refractivity contribution in [2.45, 2.75) is 105 Å². The van der Waals surface area contributed by atoms with E-state index in [9.17, 15) is 10.2 Å². The van der Waals surface area contributed by atoms with Crippen LogP contribution in [0.5, 0.6) is 0 Å². The van der Waals surface area contributed by atoms with Crippen molar-refractivity contribution in [2.75, 3.05) is 0 Å². The number of hydrogen-bond donors (Lipinski definition) is 2. The minimum Gasteiger partial charge on any atom is -0.393 e. The molecule has 4 aliphatic rings. The van der Waals surface area contributed by atoms with Gasteiger partial charge in [0.1, 0.15) is 0 Å². The molecule has 8 atom stereocenters. The van der Waals surface area contributed by atoms with Crippen molar-refractivity contribution in [3.8, 4) is 0 Å². The normalized spacial score (nSPS) is 46.0. The van der Waals surface area contributed by atoms with Gasteiger partial charge in [0.25, 0.3) is 0 Å². The lowest BCUT2D eigenvalue weighted by Crippen LogP contribution is -2.54. The molecule has 0 saturated heterocycles. The lowest BCUT2D eigenvalue weighted by atomic mass is 9.45. The van der Waals surface area contributed by atoms with Gasteiger partial charge in [-0.25, -0.2) is 0 Å². The lowest BCUT2D eigenvalue weighted by molar-refractivity contribution is -0.133. The molecule has 4 saturated carbocycles. The van der Waals surface area contributed by atoms with E-state index in [0.717, 1.165) is 49.8 Å². The van der Waals surface area contributed by atoms with E-state index in [0.29, 0.717) is 17.3 Å². The van der Waals surface area contributed by atoms with Crippen molar-refractivity contribution in [1.82, 2.24) is 9.78 Å². The molecule has 2 N–H and O–H groups in total. The molecule has 0 radical (unpaired) electrons. The van der Waals surface area contributed by atoms with Crippen LogP contribution >= 0.6 is 0 Å². The maximum absolute atomic E-state index is 11.5. The summed E-state index contributed by atoms with van der Waals surface area (Å²) in [6.45, 7) is 12.2. The Hall–Kier alpha value is -1.13. The van der Waals surface area contributed by atoms with Crippen LogP contribution in [0.2, 0.25) is 0 Å². The molecule has 0 aromatic carbocycles. The first kappa shape index (κ1) is 21.7. The van der Waals surface area contributed by atoms with Crippen LogP contribution in [0.25, 0.3) is 6.08 Å². The van der Waals surface area contributed by atoms with Gasteiger partial charge in [-0.2, -0.15) is 5.10 Å². The number of aromatic nitrogens is 2. The highest BCUT2D eigenvalue weighted by Gasteiger charge is 2.61. The molecule has 0 bridgehead atoms. The molecule has 1 aromatic rings. The fourth-order valence-electron chi connectivity index (χ4n) is 8.65. The van der Waals surface area contributed by atoms with Crippen LogP contribution in [-0.2, 0) is 6.54 Å². The third kappa shape index (κ3) is 3.11. The smallest absolute Gasteiger partial charge is 0.0809 e. The summed E-state index contributed by atoms with van der Waals surface area (Å²) >= 11 is 0. The fourth-order valence-corrected chi connectivity index (χ4v) is 8.65. The number of rotatable bonds is 2. The van der Waals surface area contributed by atoms with Crippen molar-refractivity contribution >= 4 is 6.08 Å². The molecule has 0 spiro atoms. The third-order valence-electron chi connectivity index (χ3n) is 10.6. The van der Waals surface area contributed by atoms with E-state index in [4.69, 9.17) is 5.10 Å². The van der Waals surface area contributed by atoms with E-state index in [1.54, 1.807) is 0 Å². The van der Waals surface area contributed by atoms with Gasteiger partial charge >= 0.3 is 0 Å². The van der Waals surface area contributed by atoms with Crippen LogP contribution in [0, 0.1) is 48.3 Å². The summed E-state index contributed by atoms with van der Waals surface area (Å²) in [4.78, 5) is 0. The molecule has 4 fully saturated rings. The van der Waals surface area contributed by atoms with E-state index in [1.807, 2.05) is 0 Å². The summed E-state index contributed by atoms with van der Waals surface area (Å²) in [6.07, 6.45) is 11.0. The summed E-state index contributed by atoms with van der Waals surface area (Å²) in [7, 11) is 0. The summed E-state index contributed by atoms with van der Waals surface area (Å²) in [5, 5.41) is 26.5. The second-order valence-electron chi connectivity index (χ2n) is 11.9. The predicted molar refractivity (Wildman–Crippen MR) is 124 cm³/mol. The molecule has 0 amide bonds. The second-order valence-corrected chi connectivity index (χ2v) is 11.9. The average molecular weight is 427 g/mol. The monoisotopic (exact) mass is 426 g/mol. The summed E-state index contributed by atoms with van der Waals surface area (Å²) < 4.78 is 2.08. The summed E-state index contributed by atoms with van der Waals surface area (Å²) in [6, 6.07) is 0. The van der Waals surface area contributed by atoms with Crippen molar-refractivity contribution in [3.05, 3.63) is 22.5 Å². The lowest BCUT2D eigenvalue weighted by Gasteiger charge is -2.60. The fraction of sp³-hybridized carbons (Fsp3) is 0.815. The summed E-state index contributed by atoms with van der Waals surface area (Å²) in [5.74, 6) is 2.75. The van der Waals surface area contributed by atoms with Crippen LogP contribution < -0.4 is 0 Å².